The van der Waals surface area contributed by atoms with Gasteiger partial charge in [-0.15, -0.1) is 0 Å². The number of carbonyl (C=O) groups excluding carboxylic acids is 2. The number of carbonyl (C=O) groups is 2. The number of hydrogen-bond donors (Lipinski definition) is 1. The molecule has 1 aliphatic rings. The summed E-state index contributed by atoms with van der Waals surface area (Å²) >= 11 is 0. The van der Waals surface area contributed by atoms with E-state index in [1.165, 1.54) is 13.4 Å². The molecule has 4 aromatic rings. The third-order valence-corrected chi connectivity index (χ3v) is 9.75. The van der Waals surface area contributed by atoms with E-state index in [1.54, 1.807) is 41.1 Å². The van der Waals surface area contributed by atoms with Crippen molar-refractivity contribution in [3.05, 3.63) is 89.9 Å². The van der Waals surface area contributed by atoms with Gasteiger partial charge in [0.15, 0.2) is 11.4 Å². The second-order valence-electron chi connectivity index (χ2n) is 10.8. The topological polar surface area (TPSA) is 114 Å². The molecule has 214 valence electrons. The maximum atomic E-state index is 13.7. The van der Waals surface area contributed by atoms with Gasteiger partial charge >= 0.3 is 0 Å². The van der Waals surface area contributed by atoms with Crippen molar-refractivity contribution in [2.45, 2.75) is 44.6 Å². The Labute approximate surface area is 240 Å². The standard InChI is InChI=1S/C31H35N5O4S/c1-21(24-10-7-11-25(18-24)28(37)23-8-5-4-6-9-23)31(38)36-17-16-27-29(33-20-34-30(27)36)35(3)26-14-12-22(13-15-26)19-41(39,40)32-2/h4-11,16-18,20-22,26,32H,12-15,19H2,1-3H3. The van der Waals surface area contributed by atoms with Crippen LogP contribution in [0.1, 0.15) is 64.8 Å². The number of ketones is 1. The molecule has 0 bridgehead atoms. The van der Waals surface area contributed by atoms with Gasteiger partial charge in [0, 0.05) is 30.4 Å². The molecule has 0 spiro atoms. The first kappa shape index (κ1) is 28.6. The maximum absolute atomic E-state index is 13.7. The van der Waals surface area contributed by atoms with E-state index in [4.69, 9.17) is 0 Å². The van der Waals surface area contributed by atoms with Crippen molar-refractivity contribution < 1.29 is 18.0 Å². The molecule has 1 fully saturated rings. The van der Waals surface area contributed by atoms with Crippen molar-refractivity contribution >= 4 is 38.6 Å². The van der Waals surface area contributed by atoms with Crippen molar-refractivity contribution in [3.8, 4) is 0 Å². The number of anilines is 1. The van der Waals surface area contributed by atoms with Gasteiger partial charge in [-0.3, -0.25) is 14.2 Å². The van der Waals surface area contributed by atoms with E-state index < -0.39 is 15.9 Å². The molecule has 1 N–H and O–H groups in total. The summed E-state index contributed by atoms with van der Waals surface area (Å²) in [6.07, 6.45) is 6.59. The van der Waals surface area contributed by atoms with Crippen LogP contribution >= 0.6 is 0 Å². The number of rotatable bonds is 9. The van der Waals surface area contributed by atoms with E-state index in [-0.39, 0.29) is 29.4 Å². The number of aromatic nitrogens is 3. The fourth-order valence-corrected chi connectivity index (χ4v) is 6.84. The molecule has 2 heterocycles. The molecule has 1 saturated carbocycles. The molecule has 5 rings (SSSR count). The molecule has 0 saturated heterocycles. The Kier molecular flexibility index (Phi) is 8.32. The summed E-state index contributed by atoms with van der Waals surface area (Å²) < 4.78 is 27.9. The van der Waals surface area contributed by atoms with Crippen molar-refractivity contribution in [2.24, 2.45) is 5.92 Å². The lowest BCUT2D eigenvalue weighted by molar-refractivity contribution is 0.0888. The van der Waals surface area contributed by atoms with Crippen LogP contribution in [0, 0.1) is 5.92 Å². The molecule has 9 nitrogen and oxygen atoms in total. The van der Waals surface area contributed by atoms with Crippen LogP contribution in [0.3, 0.4) is 0 Å². The zero-order valence-corrected chi connectivity index (χ0v) is 24.3. The van der Waals surface area contributed by atoms with E-state index in [1.807, 2.05) is 44.3 Å². The highest BCUT2D eigenvalue weighted by atomic mass is 32.2. The summed E-state index contributed by atoms with van der Waals surface area (Å²) in [7, 11) is 0.224. The summed E-state index contributed by atoms with van der Waals surface area (Å²) in [6.45, 7) is 1.83. The predicted octanol–water partition coefficient (Wildman–Crippen LogP) is 4.65. The number of fused-ring (bicyclic) bond motifs is 1. The number of nitrogens with zero attached hydrogens (tertiary/aromatic N) is 4. The smallest absolute Gasteiger partial charge is 0.239 e. The number of benzene rings is 2. The lowest BCUT2D eigenvalue weighted by Crippen LogP contribution is -2.38. The molecule has 1 atom stereocenters. The number of sulfonamides is 1. The summed E-state index contributed by atoms with van der Waals surface area (Å²) in [5.74, 6) is 0.304. The van der Waals surface area contributed by atoms with Crippen LogP contribution in [-0.4, -0.2) is 60.5 Å². The molecule has 1 unspecified atom stereocenters. The number of hydrogen-bond acceptors (Lipinski definition) is 7. The van der Waals surface area contributed by atoms with Gasteiger partial charge in [0.25, 0.3) is 0 Å². The first-order chi connectivity index (χ1) is 19.7. The zero-order chi connectivity index (χ0) is 29.1. The van der Waals surface area contributed by atoms with Crippen molar-refractivity contribution in [1.82, 2.24) is 19.3 Å². The van der Waals surface area contributed by atoms with Gasteiger partial charge < -0.3 is 4.90 Å². The fraction of sp³-hybridized carbons (Fsp3) is 0.355. The quantitative estimate of drug-likeness (QED) is 0.290. The van der Waals surface area contributed by atoms with Gasteiger partial charge in [-0.25, -0.2) is 23.1 Å². The predicted molar refractivity (Wildman–Crippen MR) is 160 cm³/mol. The third kappa shape index (κ3) is 6.08. The van der Waals surface area contributed by atoms with Crippen LogP contribution in [0.5, 0.6) is 0 Å². The molecule has 10 heteroatoms. The molecule has 2 aromatic heterocycles. The van der Waals surface area contributed by atoms with E-state index in [9.17, 15) is 18.0 Å². The molecular formula is C31H35N5O4S. The highest BCUT2D eigenvalue weighted by molar-refractivity contribution is 7.89. The van der Waals surface area contributed by atoms with Crippen LogP contribution in [-0.2, 0) is 10.0 Å². The molecule has 41 heavy (non-hydrogen) atoms. The summed E-state index contributed by atoms with van der Waals surface area (Å²) in [4.78, 5) is 37.8. The minimum absolute atomic E-state index is 0.0865. The fourth-order valence-electron chi connectivity index (χ4n) is 5.72. The largest absolute Gasteiger partial charge is 0.356 e. The lowest BCUT2D eigenvalue weighted by Gasteiger charge is -2.35. The average Bonchev–Trinajstić information content (AvgIpc) is 3.45. The average molecular weight is 574 g/mol. The van der Waals surface area contributed by atoms with E-state index in [0.717, 1.165) is 42.5 Å². The second-order valence-corrected chi connectivity index (χ2v) is 12.7. The molecule has 2 aromatic carbocycles. The van der Waals surface area contributed by atoms with Crippen LogP contribution in [0.4, 0.5) is 5.82 Å². The Morgan fingerprint density at radius 3 is 2.41 bits per heavy atom. The van der Waals surface area contributed by atoms with Crippen LogP contribution < -0.4 is 9.62 Å². The molecule has 0 aliphatic heterocycles. The highest BCUT2D eigenvalue weighted by Crippen LogP contribution is 2.33. The van der Waals surface area contributed by atoms with Crippen molar-refractivity contribution in [1.29, 1.82) is 0 Å². The van der Waals surface area contributed by atoms with Gasteiger partial charge in [-0.05, 0) is 63.3 Å². The summed E-state index contributed by atoms with van der Waals surface area (Å²) in [5, 5.41) is 0.781. The van der Waals surface area contributed by atoms with Gasteiger partial charge in [0.1, 0.15) is 12.1 Å². The normalized spacial score (nSPS) is 18.2. The van der Waals surface area contributed by atoms with Crippen LogP contribution in [0.15, 0.2) is 73.2 Å². The van der Waals surface area contributed by atoms with E-state index in [0.29, 0.717) is 16.8 Å². The molecular weight excluding hydrogens is 538 g/mol. The molecule has 0 amide bonds. The Bertz CT molecular complexity index is 1660. The maximum Gasteiger partial charge on any atom is 0.239 e. The zero-order valence-electron chi connectivity index (χ0n) is 23.5. The Hall–Kier alpha value is -3.89. The lowest BCUT2D eigenvalue weighted by atomic mass is 9.86. The minimum atomic E-state index is -3.23. The summed E-state index contributed by atoms with van der Waals surface area (Å²) in [5.41, 5.74) is 2.42. The monoisotopic (exact) mass is 573 g/mol. The van der Waals surface area contributed by atoms with Crippen LogP contribution in [0.25, 0.3) is 11.0 Å². The second kappa shape index (κ2) is 11.9. The highest BCUT2D eigenvalue weighted by Gasteiger charge is 2.29. The first-order valence-electron chi connectivity index (χ1n) is 13.9. The van der Waals surface area contributed by atoms with Gasteiger partial charge in [-0.2, -0.15) is 0 Å². The summed E-state index contributed by atoms with van der Waals surface area (Å²) in [6, 6.07) is 18.4. The van der Waals surface area contributed by atoms with Gasteiger partial charge in [-0.1, -0.05) is 48.5 Å². The Morgan fingerprint density at radius 1 is 1.00 bits per heavy atom. The molecule has 0 radical (unpaired) electrons. The van der Waals surface area contributed by atoms with Crippen molar-refractivity contribution in [2.75, 3.05) is 24.7 Å². The molecule has 1 aliphatic carbocycles. The van der Waals surface area contributed by atoms with Gasteiger partial charge in [0.05, 0.1) is 17.1 Å². The Morgan fingerprint density at radius 2 is 1.71 bits per heavy atom. The Balaban J connectivity index is 1.33. The first-order valence-corrected chi connectivity index (χ1v) is 15.5. The third-order valence-electron chi connectivity index (χ3n) is 8.22. The van der Waals surface area contributed by atoms with E-state index in [2.05, 4.69) is 19.6 Å². The van der Waals surface area contributed by atoms with Gasteiger partial charge in [0.2, 0.25) is 15.9 Å². The van der Waals surface area contributed by atoms with E-state index >= 15 is 0 Å². The SMILES string of the molecule is CNS(=O)(=O)CC1CCC(N(C)c2ncnc3c2ccn3C(=O)C(C)c2cccc(C(=O)c3ccccc3)c2)CC1. The van der Waals surface area contributed by atoms with Crippen molar-refractivity contribution in [3.63, 3.8) is 0 Å². The minimum Gasteiger partial charge on any atom is -0.356 e. The number of nitrogens with one attached hydrogen (secondary N) is 1. The van der Waals surface area contributed by atoms with Crippen LogP contribution in [0.2, 0.25) is 0 Å².